The van der Waals surface area contributed by atoms with Crippen LogP contribution in [-0.4, -0.2) is 27.6 Å². The zero-order valence-electron chi connectivity index (χ0n) is 11.6. The molecule has 22 heavy (non-hydrogen) atoms. The number of rotatable bonds is 3. The molecule has 0 aliphatic carbocycles. The molecule has 0 aromatic carbocycles. The number of thiol groups is 1. The van der Waals surface area contributed by atoms with Gasteiger partial charge in [0.05, 0.1) is 0 Å². The van der Waals surface area contributed by atoms with E-state index in [1.54, 1.807) is 30.6 Å². The number of carbonyl (C=O) groups is 1. The van der Waals surface area contributed by atoms with E-state index < -0.39 is 6.09 Å². The van der Waals surface area contributed by atoms with Crippen LogP contribution < -0.4 is 9.64 Å². The summed E-state index contributed by atoms with van der Waals surface area (Å²) in [5, 5.41) is 0. The van der Waals surface area contributed by atoms with E-state index in [1.807, 2.05) is 13.0 Å². The largest absolute Gasteiger partial charge is 0.420 e. The Morgan fingerprint density at radius 2 is 2.05 bits per heavy atom. The molecule has 0 spiro atoms. The highest BCUT2D eigenvalue weighted by molar-refractivity contribution is 7.82. The molecule has 3 heterocycles. The van der Waals surface area contributed by atoms with Gasteiger partial charge in [0.25, 0.3) is 0 Å². The molecule has 0 saturated carbocycles. The van der Waals surface area contributed by atoms with Gasteiger partial charge in [0.1, 0.15) is 26.3 Å². The fourth-order valence-corrected chi connectivity index (χ4v) is 2.93. The molecule has 0 N–H and O–H groups in total. The minimum Gasteiger partial charge on any atom is -0.410 e. The van der Waals surface area contributed by atoms with Gasteiger partial charge in [-0.1, -0.05) is 11.3 Å². The van der Waals surface area contributed by atoms with E-state index in [9.17, 15) is 4.79 Å². The Hall–Kier alpha value is -2.19. The third kappa shape index (κ3) is 3.02. The average molecular weight is 332 g/mol. The maximum atomic E-state index is 12.3. The Kier molecular flexibility index (Phi) is 4.21. The molecule has 1 amide bonds. The Morgan fingerprint density at radius 1 is 1.27 bits per heavy atom. The molecular weight excluding hydrogens is 320 g/mol. The Balaban J connectivity index is 1.86. The number of fused-ring (bicyclic) bond motifs is 1. The van der Waals surface area contributed by atoms with Gasteiger partial charge in [-0.2, -0.15) is 0 Å². The molecule has 0 atom stereocenters. The van der Waals surface area contributed by atoms with Crippen LogP contribution in [0.5, 0.6) is 5.75 Å². The number of hydrogen-bond acceptors (Lipinski definition) is 7. The Labute approximate surface area is 136 Å². The van der Waals surface area contributed by atoms with Crippen molar-refractivity contribution in [2.45, 2.75) is 11.3 Å². The molecule has 0 radical (unpaired) electrons. The lowest BCUT2D eigenvalue weighted by molar-refractivity contribution is 0.207. The first-order chi connectivity index (χ1) is 10.7. The van der Waals surface area contributed by atoms with Gasteiger partial charge in [0, 0.05) is 18.9 Å². The van der Waals surface area contributed by atoms with E-state index in [1.165, 1.54) is 16.2 Å². The summed E-state index contributed by atoms with van der Waals surface area (Å²) in [6, 6.07) is 6.81. The number of ether oxygens (including phenoxy) is 1. The molecule has 0 bridgehead atoms. The monoisotopic (exact) mass is 332 g/mol. The second-order valence-electron chi connectivity index (χ2n) is 4.29. The number of carbonyl (C=O) groups excluding carboxylic acids is 1. The summed E-state index contributed by atoms with van der Waals surface area (Å²) in [5.41, 5.74) is 0.761. The summed E-state index contributed by atoms with van der Waals surface area (Å²) >= 11 is 5.58. The molecule has 112 valence electrons. The number of nitrogens with zero attached hydrogens (tertiary/aromatic N) is 4. The van der Waals surface area contributed by atoms with Crippen molar-refractivity contribution in [3.8, 4) is 5.75 Å². The van der Waals surface area contributed by atoms with E-state index in [0.29, 0.717) is 22.5 Å². The minimum atomic E-state index is -0.490. The van der Waals surface area contributed by atoms with Crippen LogP contribution in [0.4, 0.5) is 10.6 Å². The second-order valence-corrected chi connectivity index (χ2v) is 5.99. The summed E-state index contributed by atoms with van der Waals surface area (Å²) in [6.45, 7) is 2.30. The van der Waals surface area contributed by atoms with Gasteiger partial charge < -0.3 is 4.74 Å². The summed E-state index contributed by atoms with van der Waals surface area (Å²) in [4.78, 5) is 27.1. The predicted molar refractivity (Wildman–Crippen MR) is 87.9 cm³/mol. The van der Waals surface area contributed by atoms with Crippen molar-refractivity contribution in [1.82, 2.24) is 15.0 Å². The van der Waals surface area contributed by atoms with E-state index >= 15 is 0 Å². The molecule has 8 heteroatoms. The van der Waals surface area contributed by atoms with E-state index in [2.05, 4.69) is 27.6 Å². The second kappa shape index (κ2) is 6.29. The lowest BCUT2D eigenvalue weighted by atomic mass is 10.4. The molecule has 3 aromatic rings. The smallest absolute Gasteiger partial charge is 0.410 e. The number of amides is 1. The van der Waals surface area contributed by atoms with Crippen molar-refractivity contribution in [3.63, 3.8) is 0 Å². The van der Waals surface area contributed by atoms with Crippen LogP contribution in [0.2, 0.25) is 0 Å². The van der Waals surface area contributed by atoms with Crippen LogP contribution in [0.3, 0.4) is 0 Å². The van der Waals surface area contributed by atoms with Gasteiger partial charge >= 0.3 is 6.09 Å². The Morgan fingerprint density at radius 3 is 2.77 bits per heavy atom. The Bertz CT molecular complexity index is 807. The number of anilines is 1. The van der Waals surface area contributed by atoms with Crippen LogP contribution in [0.15, 0.2) is 41.0 Å². The van der Waals surface area contributed by atoms with Crippen LogP contribution >= 0.6 is 24.0 Å². The van der Waals surface area contributed by atoms with Crippen molar-refractivity contribution in [2.75, 3.05) is 11.4 Å². The molecule has 0 aliphatic heterocycles. The first-order valence-corrected chi connectivity index (χ1v) is 7.79. The predicted octanol–water partition coefficient (Wildman–Crippen LogP) is 3.40. The summed E-state index contributed by atoms with van der Waals surface area (Å²) in [6.07, 6.45) is 2.64. The average Bonchev–Trinajstić information content (AvgIpc) is 2.88. The highest BCUT2D eigenvalue weighted by Crippen LogP contribution is 2.25. The minimum absolute atomic E-state index is 0.439. The lowest BCUT2D eigenvalue weighted by Gasteiger charge is -2.19. The molecule has 3 aromatic heterocycles. The van der Waals surface area contributed by atoms with Crippen molar-refractivity contribution >= 4 is 46.2 Å². The molecule has 0 saturated heterocycles. The van der Waals surface area contributed by atoms with Gasteiger partial charge in [0.15, 0.2) is 0 Å². The van der Waals surface area contributed by atoms with Gasteiger partial charge in [-0.05, 0) is 31.2 Å². The number of thiazole rings is 1. The third-order valence-corrected chi connectivity index (χ3v) is 4.04. The zero-order valence-corrected chi connectivity index (χ0v) is 13.3. The van der Waals surface area contributed by atoms with Crippen molar-refractivity contribution in [2.24, 2.45) is 0 Å². The normalized spacial score (nSPS) is 10.6. The molecule has 0 fully saturated rings. The molecule has 3 rings (SSSR count). The quantitative estimate of drug-likeness (QED) is 0.745. The number of hydrogen-bond donors (Lipinski definition) is 1. The van der Waals surface area contributed by atoms with Crippen molar-refractivity contribution in [3.05, 3.63) is 36.7 Å². The van der Waals surface area contributed by atoms with Gasteiger partial charge in [-0.25, -0.2) is 14.8 Å². The number of aromatic nitrogens is 3. The topological polar surface area (TPSA) is 68.2 Å². The molecule has 6 nitrogen and oxygen atoms in total. The van der Waals surface area contributed by atoms with Gasteiger partial charge in [-0.3, -0.25) is 9.88 Å². The standard InChI is InChI=1S/C14H12N4O2S2/c1-2-18(14(19)20-9-5-7-15-8-6-9)11-4-3-10-12(17-11)22-13(21)16-10/h3-8H,2H2,1H3,(H,16,21). The molecule has 0 unspecified atom stereocenters. The SMILES string of the molecule is CCN(C(=O)Oc1ccncc1)c1ccc2nc(S)sc2n1. The van der Waals surface area contributed by atoms with Crippen LogP contribution in [-0.2, 0) is 0 Å². The van der Waals surface area contributed by atoms with Gasteiger partial charge in [-0.15, -0.1) is 12.6 Å². The van der Waals surface area contributed by atoms with Crippen LogP contribution in [0, 0.1) is 0 Å². The highest BCUT2D eigenvalue weighted by Gasteiger charge is 2.18. The number of pyridine rings is 2. The third-order valence-electron chi connectivity index (χ3n) is 2.90. The highest BCUT2D eigenvalue weighted by atomic mass is 32.2. The van der Waals surface area contributed by atoms with E-state index in [4.69, 9.17) is 4.74 Å². The van der Waals surface area contributed by atoms with Crippen LogP contribution in [0.1, 0.15) is 6.92 Å². The maximum Gasteiger partial charge on any atom is 0.420 e. The fraction of sp³-hybridized carbons (Fsp3) is 0.143. The fourth-order valence-electron chi connectivity index (χ4n) is 1.89. The zero-order chi connectivity index (χ0) is 15.5. The lowest BCUT2D eigenvalue weighted by Crippen LogP contribution is -2.33. The summed E-state index contributed by atoms with van der Waals surface area (Å²) < 4.78 is 5.96. The van der Waals surface area contributed by atoms with E-state index in [-0.39, 0.29) is 0 Å². The van der Waals surface area contributed by atoms with Crippen molar-refractivity contribution in [1.29, 1.82) is 0 Å². The van der Waals surface area contributed by atoms with Gasteiger partial charge in [0.2, 0.25) is 0 Å². The first-order valence-electron chi connectivity index (χ1n) is 6.53. The first kappa shape index (κ1) is 14.7. The molecular formula is C14H12N4O2S2. The summed E-state index contributed by atoms with van der Waals surface area (Å²) in [5.74, 6) is 0.959. The van der Waals surface area contributed by atoms with E-state index in [0.717, 1.165) is 10.3 Å². The summed E-state index contributed by atoms with van der Waals surface area (Å²) in [7, 11) is 0. The van der Waals surface area contributed by atoms with Crippen molar-refractivity contribution < 1.29 is 9.53 Å². The maximum absolute atomic E-state index is 12.3. The van der Waals surface area contributed by atoms with Crippen LogP contribution in [0.25, 0.3) is 10.3 Å². The molecule has 0 aliphatic rings.